The van der Waals surface area contributed by atoms with E-state index in [1.54, 1.807) is 77.9 Å². The van der Waals surface area contributed by atoms with E-state index in [-0.39, 0.29) is 13.0 Å². The van der Waals surface area contributed by atoms with Crippen LogP contribution in [0.15, 0.2) is 66.7 Å². The summed E-state index contributed by atoms with van der Waals surface area (Å²) in [7, 11) is 0. The number of ether oxygens (including phenoxy) is 3. The maximum atomic E-state index is 13.6. The van der Waals surface area contributed by atoms with Gasteiger partial charge in [-0.1, -0.05) is 60.2 Å². The quantitative estimate of drug-likeness (QED) is 0.214. The van der Waals surface area contributed by atoms with Crippen LogP contribution in [0.3, 0.4) is 0 Å². The Labute approximate surface area is 218 Å². The second-order valence-corrected chi connectivity index (χ2v) is 10.5. The van der Waals surface area contributed by atoms with E-state index in [0.717, 1.165) is 11.6 Å². The molecule has 1 atom stereocenters. The Morgan fingerprint density at radius 3 is 2.11 bits per heavy atom. The third-order valence-electron chi connectivity index (χ3n) is 4.73. The van der Waals surface area contributed by atoms with E-state index in [0.29, 0.717) is 11.3 Å². The predicted molar refractivity (Wildman–Crippen MR) is 140 cm³/mol. The summed E-state index contributed by atoms with van der Waals surface area (Å²) in [6.45, 7) is 17.5. The standard InChI is InChI=1S/C29H34N2O6/c1-27(2,3)36-24(32)16-17-29(31-26(34)37-28(4,5)6,19-22-14-11-15-23(18-22)30-7)25(33)35-20-21-12-9-8-10-13-21/h8-18H,19-20H2,1-6H3,(H,31,34)/b17-16+/t29-/m1/s1. The van der Waals surface area contributed by atoms with Crippen LogP contribution in [-0.4, -0.2) is 34.8 Å². The molecule has 0 saturated heterocycles. The van der Waals surface area contributed by atoms with E-state index in [9.17, 15) is 14.4 Å². The number of alkyl carbamates (subject to hydrolysis) is 1. The average molecular weight is 507 g/mol. The van der Waals surface area contributed by atoms with Crippen molar-refractivity contribution >= 4 is 23.7 Å². The number of hydrogen-bond acceptors (Lipinski definition) is 6. The number of esters is 2. The normalized spacial score (nSPS) is 13.2. The summed E-state index contributed by atoms with van der Waals surface area (Å²) in [5, 5.41) is 2.62. The zero-order valence-corrected chi connectivity index (χ0v) is 22.2. The number of hydrogen-bond donors (Lipinski definition) is 1. The lowest BCUT2D eigenvalue weighted by Crippen LogP contribution is -2.56. The van der Waals surface area contributed by atoms with E-state index in [1.165, 1.54) is 6.08 Å². The van der Waals surface area contributed by atoms with Crippen LogP contribution in [0.1, 0.15) is 52.7 Å². The number of amides is 1. The Bertz CT molecular complexity index is 1170. The molecule has 0 radical (unpaired) electrons. The molecule has 2 aromatic rings. The van der Waals surface area contributed by atoms with Crippen LogP contribution in [-0.2, 0) is 36.8 Å². The second-order valence-electron chi connectivity index (χ2n) is 10.5. The van der Waals surface area contributed by atoms with E-state index < -0.39 is 34.8 Å². The van der Waals surface area contributed by atoms with Gasteiger partial charge in [-0.3, -0.25) is 0 Å². The lowest BCUT2D eigenvalue weighted by atomic mass is 9.89. The van der Waals surface area contributed by atoms with Crippen LogP contribution in [0.2, 0.25) is 0 Å². The van der Waals surface area contributed by atoms with Gasteiger partial charge in [-0.2, -0.15) is 0 Å². The molecule has 2 aromatic carbocycles. The van der Waals surface area contributed by atoms with Crippen molar-refractivity contribution in [1.29, 1.82) is 0 Å². The average Bonchev–Trinajstić information content (AvgIpc) is 2.79. The number of nitrogens with one attached hydrogen (secondary N) is 1. The molecule has 8 heteroatoms. The van der Waals surface area contributed by atoms with Crippen LogP contribution in [0.5, 0.6) is 0 Å². The number of nitrogens with zero attached hydrogens (tertiary/aromatic N) is 1. The Morgan fingerprint density at radius 1 is 0.892 bits per heavy atom. The van der Waals surface area contributed by atoms with Crippen LogP contribution in [0, 0.1) is 6.57 Å². The van der Waals surface area contributed by atoms with Crippen molar-refractivity contribution in [2.24, 2.45) is 0 Å². The molecule has 8 nitrogen and oxygen atoms in total. The maximum absolute atomic E-state index is 13.6. The van der Waals surface area contributed by atoms with Crippen molar-refractivity contribution < 1.29 is 28.6 Å². The molecule has 2 rings (SSSR count). The SMILES string of the molecule is [C-]#[N+]c1cccc(C[C@@](/C=C/C(=O)OC(C)(C)C)(NC(=O)OC(C)(C)C)C(=O)OCc2ccccc2)c1. The van der Waals surface area contributed by atoms with Gasteiger partial charge in [0.1, 0.15) is 17.8 Å². The highest BCUT2D eigenvalue weighted by Gasteiger charge is 2.41. The van der Waals surface area contributed by atoms with Gasteiger partial charge in [0.15, 0.2) is 11.2 Å². The fraction of sp³-hybridized carbons (Fsp3) is 0.379. The Kier molecular flexibility index (Phi) is 9.61. The van der Waals surface area contributed by atoms with E-state index >= 15 is 0 Å². The molecular weight excluding hydrogens is 472 g/mol. The molecule has 0 spiro atoms. The molecule has 1 N–H and O–H groups in total. The Hall–Kier alpha value is -4.12. The van der Waals surface area contributed by atoms with Crippen LogP contribution >= 0.6 is 0 Å². The maximum Gasteiger partial charge on any atom is 0.408 e. The predicted octanol–water partition coefficient (Wildman–Crippen LogP) is 5.68. The highest BCUT2D eigenvalue weighted by molar-refractivity contribution is 5.91. The fourth-order valence-corrected chi connectivity index (χ4v) is 3.28. The summed E-state index contributed by atoms with van der Waals surface area (Å²) < 4.78 is 16.4. The summed E-state index contributed by atoms with van der Waals surface area (Å²) in [5.74, 6) is -1.51. The second kappa shape index (κ2) is 12.2. The van der Waals surface area contributed by atoms with Gasteiger partial charge in [0, 0.05) is 12.5 Å². The van der Waals surface area contributed by atoms with Gasteiger partial charge in [-0.25, -0.2) is 19.2 Å². The Morgan fingerprint density at radius 2 is 1.51 bits per heavy atom. The smallest absolute Gasteiger partial charge is 0.408 e. The third kappa shape index (κ3) is 10.2. The molecule has 37 heavy (non-hydrogen) atoms. The van der Waals surface area contributed by atoms with Crippen LogP contribution < -0.4 is 5.32 Å². The minimum Gasteiger partial charge on any atom is -0.459 e. The minimum absolute atomic E-state index is 0.0558. The summed E-state index contributed by atoms with van der Waals surface area (Å²) in [4.78, 5) is 42.5. The summed E-state index contributed by atoms with van der Waals surface area (Å²) in [6, 6.07) is 15.7. The van der Waals surface area contributed by atoms with Gasteiger partial charge >= 0.3 is 18.0 Å². The van der Waals surface area contributed by atoms with Gasteiger partial charge in [-0.15, -0.1) is 0 Å². The lowest BCUT2D eigenvalue weighted by Gasteiger charge is -2.31. The first-order valence-corrected chi connectivity index (χ1v) is 11.8. The molecule has 196 valence electrons. The molecule has 0 fully saturated rings. The Balaban J connectivity index is 2.52. The molecule has 0 unspecified atom stereocenters. The molecule has 0 aliphatic rings. The van der Waals surface area contributed by atoms with Crippen molar-refractivity contribution in [1.82, 2.24) is 5.32 Å². The highest BCUT2D eigenvalue weighted by Crippen LogP contribution is 2.24. The largest absolute Gasteiger partial charge is 0.459 e. The molecule has 0 aliphatic carbocycles. The van der Waals surface area contributed by atoms with Gasteiger partial charge in [0.2, 0.25) is 0 Å². The van der Waals surface area contributed by atoms with Gasteiger partial charge in [-0.05, 0) is 53.2 Å². The van der Waals surface area contributed by atoms with Crippen molar-refractivity contribution in [3.63, 3.8) is 0 Å². The van der Waals surface area contributed by atoms with E-state index in [2.05, 4.69) is 10.2 Å². The highest BCUT2D eigenvalue weighted by atomic mass is 16.6. The van der Waals surface area contributed by atoms with Crippen LogP contribution in [0.25, 0.3) is 4.85 Å². The molecule has 1 amide bonds. The monoisotopic (exact) mass is 506 g/mol. The first kappa shape index (κ1) is 29.1. The lowest BCUT2D eigenvalue weighted by molar-refractivity contribution is -0.151. The van der Waals surface area contributed by atoms with Crippen LogP contribution in [0.4, 0.5) is 10.5 Å². The summed E-state index contributed by atoms with van der Waals surface area (Å²) in [5.41, 5.74) is -1.78. The summed E-state index contributed by atoms with van der Waals surface area (Å²) in [6.07, 6.45) is 1.36. The molecule has 0 saturated carbocycles. The van der Waals surface area contributed by atoms with Crippen molar-refractivity contribution in [2.75, 3.05) is 0 Å². The van der Waals surface area contributed by atoms with E-state index in [4.69, 9.17) is 20.8 Å². The number of benzene rings is 2. The minimum atomic E-state index is -1.84. The topological polar surface area (TPSA) is 95.3 Å². The fourth-order valence-electron chi connectivity index (χ4n) is 3.28. The molecule has 0 aliphatic heterocycles. The van der Waals surface area contributed by atoms with Gasteiger partial charge in [0.25, 0.3) is 0 Å². The van der Waals surface area contributed by atoms with Crippen molar-refractivity contribution in [3.8, 4) is 0 Å². The van der Waals surface area contributed by atoms with E-state index in [1.807, 2.05) is 18.2 Å². The number of carbonyl (C=O) groups excluding carboxylic acids is 3. The van der Waals surface area contributed by atoms with Gasteiger partial charge in [0.05, 0.1) is 6.57 Å². The molecular formula is C29H34N2O6. The third-order valence-corrected chi connectivity index (χ3v) is 4.73. The number of carbonyl (C=O) groups is 3. The molecule has 0 heterocycles. The first-order chi connectivity index (χ1) is 17.2. The zero-order valence-electron chi connectivity index (χ0n) is 22.2. The van der Waals surface area contributed by atoms with Crippen molar-refractivity contribution in [2.45, 2.75) is 71.3 Å². The van der Waals surface area contributed by atoms with Crippen molar-refractivity contribution in [3.05, 3.63) is 89.3 Å². The zero-order chi connectivity index (χ0) is 27.7. The molecule has 0 bridgehead atoms. The van der Waals surface area contributed by atoms with Gasteiger partial charge < -0.3 is 19.5 Å². The molecule has 0 aromatic heterocycles. The number of rotatable bonds is 8. The summed E-state index contributed by atoms with van der Waals surface area (Å²) >= 11 is 0. The first-order valence-electron chi connectivity index (χ1n) is 11.8.